The van der Waals surface area contributed by atoms with Gasteiger partial charge in [-0.3, -0.25) is 0 Å². The zero-order valence-corrected chi connectivity index (χ0v) is 24.8. The van der Waals surface area contributed by atoms with Crippen LogP contribution < -0.4 is 0 Å². The van der Waals surface area contributed by atoms with Crippen LogP contribution >= 0.6 is 11.3 Å². The van der Waals surface area contributed by atoms with Crippen LogP contribution in [0, 0.1) is 18.6 Å². The van der Waals surface area contributed by atoms with Gasteiger partial charge in [0, 0.05) is 36.3 Å². The Kier molecular flexibility index (Phi) is 6.18. The lowest BCUT2D eigenvalue weighted by Gasteiger charge is -2.17. The number of rotatable bonds is 4. The lowest BCUT2D eigenvalue weighted by atomic mass is 9.87. The smallest absolute Gasteiger partial charge is 0.138 e. The Morgan fingerprint density at radius 3 is 1.82 bits per heavy atom. The van der Waals surface area contributed by atoms with Gasteiger partial charge in [0.2, 0.25) is 0 Å². The maximum Gasteiger partial charge on any atom is 0.138 e. The van der Waals surface area contributed by atoms with Gasteiger partial charge in [-0.2, -0.15) is 0 Å². The first kappa shape index (κ1) is 26.5. The molecule has 0 unspecified atom stereocenters. The number of benzene rings is 7. The number of hydrogen-bond donors (Lipinski definition) is 0. The Morgan fingerprint density at radius 1 is 0.591 bits per heavy atom. The summed E-state index contributed by atoms with van der Waals surface area (Å²) in [5, 5.41) is 6.84. The first-order chi connectivity index (χ1) is 21.6. The highest BCUT2D eigenvalue weighted by Gasteiger charge is 2.21. The normalized spacial score (nSPS) is 12.0. The molecule has 0 saturated heterocycles. The first-order valence-electron chi connectivity index (χ1n) is 14.6. The summed E-state index contributed by atoms with van der Waals surface area (Å²) in [5.74, 6) is -0.380. The molecule has 0 saturated carbocycles. The molecular weight excluding hydrogens is 563 g/mol. The first-order valence-corrected chi connectivity index (χ1v) is 15.4. The van der Waals surface area contributed by atoms with Crippen molar-refractivity contribution in [1.29, 1.82) is 0 Å². The van der Waals surface area contributed by atoms with E-state index in [2.05, 4.69) is 43.0 Å². The van der Waals surface area contributed by atoms with Gasteiger partial charge in [0.15, 0.2) is 0 Å². The maximum absolute atomic E-state index is 15.7. The quantitative estimate of drug-likeness (QED) is 0.142. The fourth-order valence-corrected chi connectivity index (χ4v) is 7.96. The molecule has 8 aromatic rings. The topological polar surface area (TPSA) is 0 Å². The van der Waals surface area contributed by atoms with Crippen molar-refractivity contribution in [1.82, 2.24) is 0 Å². The molecular formula is C41H26F2S. The molecule has 0 N–H and O–H groups in total. The largest absolute Gasteiger partial charge is 0.206 e. The number of fused-ring (bicyclic) bond motifs is 6. The Labute approximate surface area is 257 Å². The predicted molar refractivity (Wildman–Crippen MR) is 187 cm³/mol. The molecule has 0 atom stereocenters. The monoisotopic (exact) mass is 588 g/mol. The van der Waals surface area contributed by atoms with Gasteiger partial charge in [-0.1, -0.05) is 122 Å². The SMILES string of the molecule is C=C/C=C\c1c(C)c(F)c2ccccc2c1-c1cccc2sc3cc(-c4c5ccccc5c(F)c5ccccc45)ccc3c12. The van der Waals surface area contributed by atoms with Crippen LogP contribution in [0.25, 0.3) is 80.8 Å². The van der Waals surface area contributed by atoms with E-state index in [1.165, 1.54) is 0 Å². The van der Waals surface area contributed by atoms with Crippen molar-refractivity contribution in [2.45, 2.75) is 6.92 Å². The highest BCUT2D eigenvalue weighted by atomic mass is 32.1. The Hall–Kier alpha value is -5.12. The molecule has 0 aliphatic rings. The second-order valence-corrected chi connectivity index (χ2v) is 12.2. The zero-order valence-electron chi connectivity index (χ0n) is 24.0. The molecule has 44 heavy (non-hydrogen) atoms. The summed E-state index contributed by atoms with van der Waals surface area (Å²) in [6, 6.07) is 36.2. The summed E-state index contributed by atoms with van der Waals surface area (Å²) in [4.78, 5) is 0. The van der Waals surface area contributed by atoms with Gasteiger partial charge in [-0.05, 0) is 68.6 Å². The fourth-order valence-electron chi connectivity index (χ4n) is 6.78. The van der Waals surface area contributed by atoms with Crippen LogP contribution in [0.15, 0.2) is 128 Å². The van der Waals surface area contributed by atoms with Crippen LogP contribution in [-0.2, 0) is 0 Å². The van der Waals surface area contributed by atoms with E-state index in [0.717, 1.165) is 64.1 Å². The van der Waals surface area contributed by atoms with E-state index >= 15 is 8.78 Å². The summed E-state index contributed by atoms with van der Waals surface area (Å²) >= 11 is 1.75. The molecule has 0 aliphatic heterocycles. The van der Waals surface area contributed by atoms with Gasteiger partial charge in [0.1, 0.15) is 11.6 Å². The molecule has 0 radical (unpaired) electrons. The van der Waals surface area contributed by atoms with Crippen LogP contribution in [0.4, 0.5) is 8.78 Å². The molecule has 1 heterocycles. The third-order valence-corrected chi connectivity index (χ3v) is 9.87. The number of halogens is 2. The van der Waals surface area contributed by atoms with Crippen molar-refractivity contribution in [2.24, 2.45) is 0 Å². The van der Waals surface area contributed by atoms with Crippen LogP contribution in [0.1, 0.15) is 11.1 Å². The zero-order chi connectivity index (χ0) is 29.9. The van der Waals surface area contributed by atoms with Crippen molar-refractivity contribution < 1.29 is 8.78 Å². The van der Waals surface area contributed by atoms with Gasteiger partial charge in [-0.25, -0.2) is 8.78 Å². The second kappa shape index (κ2) is 10.3. The minimum atomic E-state index is -0.196. The minimum Gasteiger partial charge on any atom is -0.206 e. The second-order valence-electron chi connectivity index (χ2n) is 11.1. The Morgan fingerprint density at radius 2 is 1.18 bits per heavy atom. The Balaban J connectivity index is 1.44. The molecule has 0 nitrogen and oxygen atoms in total. The average molecular weight is 589 g/mol. The molecule has 0 fully saturated rings. The molecule has 0 aliphatic carbocycles. The molecule has 7 aromatic carbocycles. The molecule has 0 amide bonds. The number of hydrogen-bond acceptors (Lipinski definition) is 1. The fraction of sp³-hybridized carbons (Fsp3) is 0.0244. The Bertz CT molecular complexity index is 2440. The van der Waals surface area contributed by atoms with Gasteiger partial charge in [0.05, 0.1) is 0 Å². The number of thiophene rings is 1. The summed E-state index contributed by atoms with van der Waals surface area (Å²) in [5.41, 5.74) is 5.65. The standard InChI is InChI=1S/C41H26F2S/c1-3-4-12-26-24(2)40(42)30-16-8-7-15-29(30)38(26)34-19-11-20-35-39(34)33-22-21-25(23-36(33)44-35)37-27-13-5-9-17-31(27)41(43)32-18-10-6-14-28(32)37/h3-23H,1H2,2H3/b12-4-. The van der Waals surface area contributed by atoms with E-state index in [9.17, 15) is 0 Å². The maximum atomic E-state index is 15.7. The average Bonchev–Trinajstić information content (AvgIpc) is 3.44. The van der Waals surface area contributed by atoms with Crippen molar-refractivity contribution in [3.63, 3.8) is 0 Å². The molecule has 3 heteroatoms. The van der Waals surface area contributed by atoms with Crippen LogP contribution in [0.5, 0.6) is 0 Å². The molecule has 210 valence electrons. The van der Waals surface area contributed by atoms with Crippen molar-refractivity contribution in [2.75, 3.05) is 0 Å². The van der Waals surface area contributed by atoms with Gasteiger partial charge >= 0.3 is 0 Å². The summed E-state index contributed by atoms with van der Waals surface area (Å²) in [6.45, 7) is 5.70. The summed E-state index contributed by atoms with van der Waals surface area (Å²) < 4.78 is 33.6. The summed E-state index contributed by atoms with van der Waals surface area (Å²) in [6.07, 6.45) is 5.56. The highest BCUT2D eigenvalue weighted by Crippen LogP contribution is 2.47. The lowest BCUT2D eigenvalue weighted by molar-refractivity contribution is 0.630. The third-order valence-electron chi connectivity index (χ3n) is 8.76. The molecule has 0 bridgehead atoms. The number of allylic oxidation sites excluding steroid dienone is 2. The lowest BCUT2D eigenvalue weighted by Crippen LogP contribution is -1.96. The van der Waals surface area contributed by atoms with Crippen molar-refractivity contribution >= 4 is 69.9 Å². The van der Waals surface area contributed by atoms with Gasteiger partial charge in [0.25, 0.3) is 0 Å². The van der Waals surface area contributed by atoms with E-state index in [0.29, 0.717) is 21.7 Å². The van der Waals surface area contributed by atoms with Crippen molar-refractivity contribution in [3.8, 4) is 22.3 Å². The minimum absolute atomic E-state index is 0.185. The predicted octanol–water partition coefficient (Wildman–Crippen LogP) is 12.6. The van der Waals surface area contributed by atoms with E-state index in [1.807, 2.05) is 91.9 Å². The third kappa shape index (κ3) is 3.86. The molecule has 8 rings (SSSR count). The van der Waals surface area contributed by atoms with E-state index < -0.39 is 0 Å². The van der Waals surface area contributed by atoms with Crippen molar-refractivity contribution in [3.05, 3.63) is 151 Å². The van der Waals surface area contributed by atoms with Crippen LogP contribution in [-0.4, -0.2) is 0 Å². The molecule has 0 spiro atoms. The van der Waals surface area contributed by atoms with E-state index in [-0.39, 0.29) is 11.6 Å². The highest BCUT2D eigenvalue weighted by molar-refractivity contribution is 7.26. The van der Waals surface area contributed by atoms with Crippen LogP contribution in [0.3, 0.4) is 0 Å². The van der Waals surface area contributed by atoms with Gasteiger partial charge in [-0.15, -0.1) is 11.3 Å². The molecule has 1 aromatic heterocycles. The van der Waals surface area contributed by atoms with Crippen LogP contribution in [0.2, 0.25) is 0 Å². The van der Waals surface area contributed by atoms with Gasteiger partial charge < -0.3 is 0 Å². The van der Waals surface area contributed by atoms with E-state index in [1.54, 1.807) is 17.4 Å². The van der Waals surface area contributed by atoms with E-state index in [4.69, 9.17) is 0 Å². The summed E-state index contributed by atoms with van der Waals surface area (Å²) in [7, 11) is 0.